The SMILES string of the molecule is c1ccc(-c2cccc(-c3cc(-c4cc5ccccc5o4)nc(-c4ccccc4-c4ccccc4)n3)c2)cc1. The normalized spacial score (nSPS) is 11.1. The van der Waals surface area contributed by atoms with Crippen molar-refractivity contribution in [2.45, 2.75) is 0 Å². The van der Waals surface area contributed by atoms with Gasteiger partial charge in [-0.2, -0.15) is 0 Å². The maximum atomic E-state index is 6.25. The molecule has 0 fully saturated rings. The van der Waals surface area contributed by atoms with E-state index < -0.39 is 0 Å². The van der Waals surface area contributed by atoms with Crippen LogP contribution in [-0.4, -0.2) is 9.97 Å². The summed E-state index contributed by atoms with van der Waals surface area (Å²) >= 11 is 0. The minimum Gasteiger partial charge on any atom is -0.454 e. The lowest BCUT2D eigenvalue weighted by molar-refractivity contribution is 0.628. The van der Waals surface area contributed by atoms with Crippen LogP contribution in [0.25, 0.3) is 67.3 Å². The summed E-state index contributed by atoms with van der Waals surface area (Å²) in [7, 11) is 0. The molecular weight excluding hydrogens is 476 g/mol. The molecule has 7 aromatic rings. The second-order valence-corrected chi connectivity index (χ2v) is 9.47. The molecule has 39 heavy (non-hydrogen) atoms. The van der Waals surface area contributed by atoms with Crippen molar-refractivity contribution in [3.8, 4) is 56.4 Å². The van der Waals surface area contributed by atoms with Crippen LogP contribution in [0, 0.1) is 0 Å². The molecule has 3 nitrogen and oxygen atoms in total. The largest absolute Gasteiger partial charge is 0.454 e. The first-order chi connectivity index (χ1) is 19.3. The summed E-state index contributed by atoms with van der Waals surface area (Å²) in [6.07, 6.45) is 0. The number of rotatable bonds is 5. The number of nitrogens with zero attached hydrogens (tertiary/aromatic N) is 2. The molecule has 0 N–H and O–H groups in total. The molecule has 3 heteroatoms. The van der Waals surface area contributed by atoms with Gasteiger partial charge in [0.2, 0.25) is 0 Å². The molecule has 2 aromatic heterocycles. The predicted molar refractivity (Wildman–Crippen MR) is 159 cm³/mol. The summed E-state index contributed by atoms with van der Waals surface area (Å²) in [5.41, 5.74) is 8.95. The number of hydrogen-bond donors (Lipinski definition) is 0. The molecule has 0 saturated carbocycles. The highest BCUT2D eigenvalue weighted by atomic mass is 16.3. The van der Waals surface area contributed by atoms with Crippen molar-refractivity contribution in [3.63, 3.8) is 0 Å². The van der Waals surface area contributed by atoms with E-state index in [-0.39, 0.29) is 0 Å². The van der Waals surface area contributed by atoms with Gasteiger partial charge in [0.15, 0.2) is 11.6 Å². The third-order valence-electron chi connectivity index (χ3n) is 6.92. The van der Waals surface area contributed by atoms with Crippen molar-refractivity contribution in [1.29, 1.82) is 0 Å². The van der Waals surface area contributed by atoms with E-state index >= 15 is 0 Å². The zero-order valence-corrected chi connectivity index (χ0v) is 21.2. The lowest BCUT2D eigenvalue weighted by Crippen LogP contribution is -1.97. The van der Waals surface area contributed by atoms with Crippen LogP contribution >= 0.6 is 0 Å². The molecule has 0 aliphatic carbocycles. The summed E-state index contributed by atoms with van der Waals surface area (Å²) in [4.78, 5) is 10.2. The van der Waals surface area contributed by atoms with Crippen molar-refractivity contribution in [1.82, 2.24) is 9.97 Å². The van der Waals surface area contributed by atoms with E-state index in [1.165, 1.54) is 5.56 Å². The van der Waals surface area contributed by atoms with Crippen LogP contribution < -0.4 is 0 Å². The Morgan fingerprint density at radius 2 is 1.03 bits per heavy atom. The Bertz CT molecular complexity index is 1870. The van der Waals surface area contributed by atoms with Crippen molar-refractivity contribution >= 4 is 11.0 Å². The quantitative estimate of drug-likeness (QED) is 0.236. The summed E-state index contributed by atoms with van der Waals surface area (Å²) in [5, 5.41) is 1.05. The molecule has 2 heterocycles. The number of aromatic nitrogens is 2. The van der Waals surface area contributed by atoms with Gasteiger partial charge in [0.25, 0.3) is 0 Å². The van der Waals surface area contributed by atoms with Crippen LogP contribution in [-0.2, 0) is 0 Å². The third-order valence-corrected chi connectivity index (χ3v) is 6.92. The molecule has 0 radical (unpaired) electrons. The smallest absolute Gasteiger partial charge is 0.161 e. The molecule has 7 rings (SSSR count). The van der Waals surface area contributed by atoms with E-state index in [0.717, 1.165) is 55.9 Å². The van der Waals surface area contributed by atoms with Crippen molar-refractivity contribution in [2.75, 3.05) is 0 Å². The highest BCUT2D eigenvalue weighted by Gasteiger charge is 2.16. The number of furan rings is 1. The Morgan fingerprint density at radius 1 is 0.410 bits per heavy atom. The summed E-state index contributed by atoms with van der Waals surface area (Å²) in [5.74, 6) is 1.38. The fourth-order valence-corrected chi connectivity index (χ4v) is 4.99. The molecule has 0 saturated heterocycles. The van der Waals surface area contributed by atoms with E-state index in [4.69, 9.17) is 14.4 Å². The Balaban J connectivity index is 1.44. The summed E-state index contributed by atoms with van der Waals surface area (Å²) in [6.45, 7) is 0. The van der Waals surface area contributed by atoms with Gasteiger partial charge in [0.1, 0.15) is 11.3 Å². The van der Waals surface area contributed by atoms with E-state index in [1.807, 2.05) is 42.5 Å². The second-order valence-electron chi connectivity index (χ2n) is 9.47. The first-order valence-electron chi connectivity index (χ1n) is 13.0. The Kier molecular flexibility index (Phi) is 5.80. The molecule has 5 aromatic carbocycles. The van der Waals surface area contributed by atoms with Crippen molar-refractivity contribution in [3.05, 3.63) is 146 Å². The average Bonchev–Trinajstić information content (AvgIpc) is 3.47. The Labute approximate surface area is 227 Å². The van der Waals surface area contributed by atoms with Gasteiger partial charge in [0.05, 0.1) is 5.69 Å². The molecule has 0 spiro atoms. The van der Waals surface area contributed by atoms with E-state index in [0.29, 0.717) is 5.82 Å². The molecular formula is C36H24N2O. The fraction of sp³-hybridized carbons (Fsp3) is 0. The zero-order chi connectivity index (χ0) is 26.0. The number of para-hydroxylation sites is 1. The first-order valence-corrected chi connectivity index (χ1v) is 13.0. The maximum Gasteiger partial charge on any atom is 0.161 e. The lowest BCUT2D eigenvalue weighted by Gasteiger charge is -2.12. The van der Waals surface area contributed by atoms with E-state index in [2.05, 4.69) is 103 Å². The predicted octanol–water partition coefficient (Wildman–Crippen LogP) is 9.56. The fourth-order valence-electron chi connectivity index (χ4n) is 4.99. The number of fused-ring (bicyclic) bond motifs is 1. The van der Waals surface area contributed by atoms with Crippen molar-refractivity contribution in [2.24, 2.45) is 0 Å². The Hall–Kier alpha value is -5.28. The van der Waals surface area contributed by atoms with Crippen LogP contribution in [0.4, 0.5) is 0 Å². The highest BCUT2D eigenvalue weighted by molar-refractivity contribution is 5.85. The molecule has 0 bridgehead atoms. The van der Waals surface area contributed by atoms with Crippen LogP contribution in [0.3, 0.4) is 0 Å². The van der Waals surface area contributed by atoms with Gasteiger partial charge in [-0.3, -0.25) is 0 Å². The number of benzene rings is 5. The summed E-state index contributed by atoms with van der Waals surface area (Å²) in [6, 6.07) is 49.7. The highest BCUT2D eigenvalue weighted by Crippen LogP contribution is 2.35. The van der Waals surface area contributed by atoms with Crippen LogP contribution in [0.2, 0.25) is 0 Å². The van der Waals surface area contributed by atoms with Gasteiger partial charge in [-0.15, -0.1) is 0 Å². The van der Waals surface area contributed by atoms with Gasteiger partial charge in [0, 0.05) is 16.5 Å². The maximum absolute atomic E-state index is 6.25. The first kappa shape index (κ1) is 22.9. The van der Waals surface area contributed by atoms with Gasteiger partial charge in [-0.25, -0.2) is 9.97 Å². The minimum atomic E-state index is 0.660. The van der Waals surface area contributed by atoms with Gasteiger partial charge >= 0.3 is 0 Å². The minimum absolute atomic E-state index is 0.660. The van der Waals surface area contributed by atoms with Crippen molar-refractivity contribution < 1.29 is 4.42 Å². The van der Waals surface area contributed by atoms with Gasteiger partial charge < -0.3 is 4.42 Å². The molecule has 0 atom stereocenters. The zero-order valence-electron chi connectivity index (χ0n) is 21.2. The van der Waals surface area contributed by atoms with Crippen LogP contribution in [0.5, 0.6) is 0 Å². The third kappa shape index (κ3) is 4.51. The van der Waals surface area contributed by atoms with E-state index in [9.17, 15) is 0 Å². The topological polar surface area (TPSA) is 38.9 Å². The lowest BCUT2D eigenvalue weighted by atomic mass is 9.98. The average molecular weight is 501 g/mol. The number of hydrogen-bond acceptors (Lipinski definition) is 3. The monoisotopic (exact) mass is 500 g/mol. The van der Waals surface area contributed by atoms with Crippen LogP contribution in [0.1, 0.15) is 0 Å². The van der Waals surface area contributed by atoms with E-state index in [1.54, 1.807) is 0 Å². The molecule has 0 amide bonds. The van der Waals surface area contributed by atoms with Crippen LogP contribution in [0.15, 0.2) is 150 Å². The second kappa shape index (κ2) is 9.88. The molecule has 0 aliphatic rings. The molecule has 0 unspecified atom stereocenters. The Morgan fingerprint density at radius 3 is 1.82 bits per heavy atom. The van der Waals surface area contributed by atoms with Gasteiger partial charge in [-0.1, -0.05) is 121 Å². The van der Waals surface area contributed by atoms with Gasteiger partial charge in [-0.05, 0) is 46.5 Å². The summed E-state index contributed by atoms with van der Waals surface area (Å²) < 4.78 is 6.25. The molecule has 0 aliphatic heterocycles. The molecule has 184 valence electrons. The standard InChI is InChI=1S/C36H24N2O/c1-3-12-25(13-4-1)27-17-11-18-28(22-27)32-24-33(35-23-29-16-7-10-21-34(29)39-35)38-36(37-32)31-20-9-8-19-30(31)26-14-5-2-6-15-26/h1-24H.